The summed E-state index contributed by atoms with van der Waals surface area (Å²) in [7, 11) is 0. The lowest BCUT2D eigenvalue weighted by Crippen LogP contribution is -2.26. The van der Waals surface area contributed by atoms with Gasteiger partial charge in [0.1, 0.15) is 0 Å². The summed E-state index contributed by atoms with van der Waals surface area (Å²) in [4.78, 5) is 24.9. The molecule has 1 N–H and O–H groups in total. The second-order valence-electron chi connectivity index (χ2n) is 10.5. The number of ketones is 2. The molecule has 0 aromatic rings. The van der Waals surface area contributed by atoms with E-state index in [-0.39, 0.29) is 11.6 Å². The Balaban J connectivity index is 2.47. The minimum atomic E-state index is -0.857. The topological polar surface area (TPSA) is 54.4 Å². The van der Waals surface area contributed by atoms with Gasteiger partial charge in [0.15, 0.2) is 11.6 Å². The van der Waals surface area contributed by atoms with Crippen LogP contribution in [0, 0.1) is 5.92 Å². The van der Waals surface area contributed by atoms with Crippen LogP contribution in [0.25, 0.3) is 0 Å². The molecular weight excluding hydrogens is 396 g/mol. The van der Waals surface area contributed by atoms with Gasteiger partial charge in [0, 0.05) is 22.3 Å². The van der Waals surface area contributed by atoms with Crippen molar-refractivity contribution in [1.82, 2.24) is 0 Å². The van der Waals surface area contributed by atoms with E-state index in [4.69, 9.17) is 0 Å². The molecule has 1 rings (SSSR count). The van der Waals surface area contributed by atoms with Gasteiger partial charge in [-0.2, -0.15) is 0 Å². The number of Topliss-reactive ketones (excluding diaryl/α,β-unsaturated/α-hetero) is 2. The molecule has 32 heavy (non-hydrogen) atoms. The summed E-state index contributed by atoms with van der Waals surface area (Å²) in [5, 5.41) is 10.8. The third-order valence-electron chi connectivity index (χ3n) is 6.78. The average molecular weight is 443 g/mol. The molecule has 1 aliphatic carbocycles. The molecule has 180 valence electrons. The fourth-order valence-electron chi connectivity index (χ4n) is 4.14. The van der Waals surface area contributed by atoms with Crippen LogP contribution in [-0.4, -0.2) is 22.3 Å². The van der Waals surface area contributed by atoms with Crippen LogP contribution < -0.4 is 0 Å². The highest BCUT2D eigenvalue weighted by atomic mass is 16.3. The molecule has 0 heterocycles. The Hall–Kier alpha value is -1.74. The smallest absolute Gasteiger partial charge is 0.185 e. The van der Waals surface area contributed by atoms with Gasteiger partial charge < -0.3 is 5.11 Å². The minimum absolute atomic E-state index is 0.0421. The molecule has 0 saturated heterocycles. The normalized spacial score (nSPS) is 18.2. The van der Waals surface area contributed by atoms with Crippen molar-refractivity contribution in [2.45, 2.75) is 119 Å². The van der Waals surface area contributed by atoms with Crippen molar-refractivity contribution in [3.05, 3.63) is 45.6 Å². The monoisotopic (exact) mass is 442 g/mol. The van der Waals surface area contributed by atoms with E-state index < -0.39 is 5.60 Å². The molecule has 0 bridgehead atoms. The minimum Gasteiger partial charge on any atom is -0.390 e. The largest absolute Gasteiger partial charge is 0.390 e. The summed E-state index contributed by atoms with van der Waals surface area (Å²) < 4.78 is 0. The number of rotatable bonds is 13. The van der Waals surface area contributed by atoms with Gasteiger partial charge in [0.2, 0.25) is 0 Å². The van der Waals surface area contributed by atoms with Gasteiger partial charge in [-0.15, -0.1) is 0 Å². The van der Waals surface area contributed by atoms with Gasteiger partial charge >= 0.3 is 0 Å². The first-order valence-electron chi connectivity index (χ1n) is 12.4. The number of hydrogen-bond donors (Lipinski definition) is 1. The number of allylic oxidation sites excluding steroid dienone is 8. The third kappa shape index (κ3) is 9.40. The van der Waals surface area contributed by atoms with Crippen molar-refractivity contribution in [2.75, 3.05) is 0 Å². The standard InChI is InChI=1S/C29H46O3/c1-20(2)12-9-13-21(3)14-10-15-22(4)16-11-18-29(8,32)19-17-26-25(7)27(30)23(5)24(6)28(26)31/h14,16,20,32H,9-13,15,17-19H2,1-8H3/b21-14+,22-16+/t29-/m0/s1. The zero-order chi connectivity index (χ0) is 24.5. The Kier molecular flexibility index (Phi) is 11.6. The van der Waals surface area contributed by atoms with E-state index in [1.165, 1.54) is 30.4 Å². The maximum atomic E-state index is 12.6. The van der Waals surface area contributed by atoms with E-state index in [0.29, 0.717) is 41.6 Å². The Morgan fingerprint density at radius 1 is 0.875 bits per heavy atom. The van der Waals surface area contributed by atoms with Crippen LogP contribution in [0.1, 0.15) is 113 Å². The first kappa shape index (κ1) is 28.3. The van der Waals surface area contributed by atoms with Crippen molar-refractivity contribution in [2.24, 2.45) is 5.92 Å². The van der Waals surface area contributed by atoms with Crippen molar-refractivity contribution in [1.29, 1.82) is 0 Å². The second kappa shape index (κ2) is 13.1. The van der Waals surface area contributed by atoms with E-state index in [0.717, 1.165) is 25.2 Å². The zero-order valence-corrected chi connectivity index (χ0v) is 21.9. The number of aliphatic hydroxyl groups is 1. The molecule has 0 aromatic heterocycles. The number of carbonyl (C=O) groups is 2. The molecule has 0 unspecified atom stereocenters. The van der Waals surface area contributed by atoms with Crippen LogP contribution in [0.15, 0.2) is 45.6 Å². The van der Waals surface area contributed by atoms with E-state index in [9.17, 15) is 14.7 Å². The summed E-state index contributed by atoms with van der Waals surface area (Å²) in [6.07, 6.45) is 12.9. The molecule has 1 atom stereocenters. The van der Waals surface area contributed by atoms with E-state index >= 15 is 0 Å². The molecule has 0 fully saturated rings. The molecule has 0 radical (unpaired) electrons. The summed E-state index contributed by atoms with van der Waals surface area (Å²) in [5.41, 5.74) is 4.18. The van der Waals surface area contributed by atoms with Crippen molar-refractivity contribution >= 4 is 11.6 Å². The molecule has 0 amide bonds. The van der Waals surface area contributed by atoms with Crippen LogP contribution in [0.5, 0.6) is 0 Å². The predicted octanol–water partition coefficient (Wildman–Crippen LogP) is 7.60. The highest BCUT2D eigenvalue weighted by Crippen LogP contribution is 2.30. The first-order chi connectivity index (χ1) is 14.9. The molecule has 3 nitrogen and oxygen atoms in total. The quantitative estimate of drug-likeness (QED) is 0.236. The fourth-order valence-corrected chi connectivity index (χ4v) is 4.14. The maximum absolute atomic E-state index is 12.6. The zero-order valence-electron chi connectivity index (χ0n) is 21.9. The van der Waals surface area contributed by atoms with Crippen molar-refractivity contribution in [3.63, 3.8) is 0 Å². The predicted molar refractivity (Wildman–Crippen MR) is 136 cm³/mol. The Bertz CT molecular complexity index is 800. The number of carbonyl (C=O) groups excluding carboxylic acids is 2. The average Bonchev–Trinajstić information content (AvgIpc) is 2.70. The lowest BCUT2D eigenvalue weighted by Gasteiger charge is -2.25. The van der Waals surface area contributed by atoms with Gasteiger partial charge in [-0.25, -0.2) is 0 Å². The first-order valence-corrected chi connectivity index (χ1v) is 12.4. The van der Waals surface area contributed by atoms with Crippen LogP contribution in [0.3, 0.4) is 0 Å². The van der Waals surface area contributed by atoms with Crippen LogP contribution >= 0.6 is 0 Å². The Morgan fingerprint density at radius 3 is 2.06 bits per heavy atom. The van der Waals surface area contributed by atoms with Gasteiger partial charge in [-0.05, 0) is 98.8 Å². The SMILES string of the molecule is CC1=C(C)C(=O)C(CC[C@@](C)(O)CC/C=C(\C)CC/C=C(\C)CCCC(C)C)=C(C)C1=O. The van der Waals surface area contributed by atoms with Crippen LogP contribution in [0.2, 0.25) is 0 Å². The molecule has 0 spiro atoms. The van der Waals surface area contributed by atoms with Gasteiger partial charge in [-0.3, -0.25) is 9.59 Å². The lowest BCUT2D eigenvalue weighted by atomic mass is 9.82. The van der Waals surface area contributed by atoms with E-state index in [1.807, 2.05) is 6.92 Å². The fraction of sp³-hybridized carbons (Fsp3) is 0.655. The van der Waals surface area contributed by atoms with Crippen LogP contribution in [0.4, 0.5) is 0 Å². The highest BCUT2D eigenvalue weighted by Gasteiger charge is 2.29. The molecular formula is C29H46O3. The molecule has 0 aromatic carbocycles. The van der Waals surface area contributed by atoms with E-state index in [2.05, 4.69) is 39.8 Å². The van der Waals surface area contributed by atoms with Gasteiger partial charge in [0.05, 0.1) is 5.60 Å². The summed E-state index contributed by atoms with van der Waals surface area (Å²) in [5.74, 6) is 0.694. The summed E-state index contributed by atoms with van der Waals surface area (Å²) in [6.45, 7) is 15.9. The number of hydrogen-bond acceptors (Lipinski definition) is 3. The molecule has 3 heteroatoms. The molecule has 1 aliphatic rings. The highest BCUT2D eigenvalue weighted by molar-refractivity contribution is 6.24. The van der Waals surface area contributed by atoms with E-state index in [1.54, 1.807) is 20.8 Å². The summed E-state index contributed by atoms with van der Waals surface area (Å²) >= 11 is 0. The molecule has 0 saturated carbocycles. The van der Waals surface area contributed by atoms with Crippen molar-refractivity contribution < 1.29 is 14.7 Å². The third-order valence-corrected chi connectivity index (χ3v) is 6.78. The van der Waals surface area contributed by atoms with Crippen molar-refractivity contribution in [3.8, 4) is 0 Å². The molecule has 0 aliphatic heterocycles. The van der Waals surface area contributed by atoms with Crippen LogP contribution in [-0.2, 0) is 9.59 Å². The second-order valence-corrected chi connectivity index (χ2v) is 10.5. The Labute approximate surface area is 196 Å². The lowest BCUT2D eigenvalue weighted by molar-refractivity contribution is -0.116. The van der Waals surface area contributed by atoms with Gasteiger partial charge in [0.25, 0.3) is 0 Å². The summed E-state index contributed by atoms with van der Waals surface area (Å²) in [6, 6.07) is 0. The maximum Gasteiger partial charge on any atom is 0.185 e. The van der Waals surface area contributed by atoms with Gasteiger partial charge in [-0.1, -0.05) is 43.6 Å². The Morgan fingerprint density at radius 2 is 1.44 bits per heavy atom.